The van der Waals surface area contributed by atoms with Crippen molar-refractivity contribution in [2.24, 2.45) is 5.73 Å². The minimum Gasteiger partial charge on any atom is -0.491 e. The molecule has 0 saturated heterocycles. The van der Waals surface area contributed by atoms with Crippen molar-refractivity contribution < 1.29 is 4.74 Å². The maximum atomic E-state index is 6.07. The second kappa shape index (κ2) is 5.89. The lowest BCUT2D eigenvalue weighted by Crippen LogP contribution is -2.19. The Labute approximate surface area is 112 Å². The van der Waals surface area contributed by atoms with Crippen molar-refractivity contribution in [1.82, 2.24) is 0 Å². The summed E-state index contributed by atoms with van der Waals surface area (Å²) in [5, 5.41) is 0.670. The van der Waals surface area contributed by atoms with Crippen molar-refractivity contribution in [3.8, 4) is 5.75 Å². The molecule has 0 fully saturated rings. The minimum absolute atomic E-state index is 0.135. The van der Waals surface area contributed by atoms with Crippen molar-refractivity contribution in [2.75, 3.05) is 6.61 Å². The number of ether oxygens (including phenoxy) is 1. The molecule has 0 bridgehead atoms. The summed E-state index contributed by atoms with van der Waals surface area (Å²) in [6, 6.07) is 15.4. The van der Waals surface area contributed by atoms with E-state index < -0.39 is 0 Å². The zero-order valence-corrected chi connectivity index (χ0v) is 11.0. The molecule has 0 spiro atoms. The second-order valence-corrected chi connectivity index (χ2v) is 4.67. The van der Waals surface area contributed by atoms with Crippen LogP contribution < -0.4 is 10.5 Å². The van der Waals surface area contributed by atoms with Gasteiger partial charge in [0.05, 0.1) is 6.04 Å². The van der Waals surface area contributed by atoms with Crippen LogP contribution in [-0.2, 0) is 0 Å². The maximum absolute atomic E-state index is 6.07. The Hall–Kier alpha value is -1.51. The first-order chi connectivity index (χ1) is 8.66. The number of aryl methyl sites for hydroxylation is 1. The highest BCUT2D eigenvalue weighted by molar-refractivity contribution is 6.30. The summed E-state index contributed by atoms with van der Waals surface area (Å²) in [6.07, 6.45) is 0. The summed E-state index contributed by atoms with van der Waals surface area (Å²) in [7, 11) is 0. The van der Waals surface area contributed by atoms with Gasteiger partial charge in [-0.1, -0.05) is 48.0 Å². The first-order valence-electron chi connectivity index (χ1n) is 5.86. The Morgan fingerprint density at radius 2 is 1.89 bits per heavy atom. The van der Waals surface area contributed by atoms with Gasteiger partial charge >= 0.3 is 0 Å². The minimum atomic E-state index is -0.135. The van der Waals surface area contributed by atoms with Crippen LogP contribution in [0.4, 0.5) is 0 Å². The number of benzene rings is 2. The Kier molecular flexibility index (Phi) is 4.24. The van der Waals surface area contributed by atoms with Crippen LogP contribution in [0.15, 0.2) is 48.5 Å². The van der Waals surface area contributed by atoms with Crippen LogP contribution >= 0.6 is 11.6 Å². The number of hydrogen-bond acceptors (Lipinski definition) is 2. The molecule has 18 heavy (non-hydrogen) atoms. The van der Waals surface area contributed by atoms with Crippen LogP contribution in [-0.4, -0.2) is 6.61 Å². The van der Waals surface area contributed by atoms with Crippen LogP contribution in [0.5, 0.6) is 5.75 Å². The Morgan fingerprint density at radius 1 is 1.17 bits per heavy atom. The predicted octanol–water partition coefficient (Wildman–Crippen LogP) is 3.73. The molecule has 0 aliphatic rings. The van der Waals surface area contributed by atoms with Crippen molar-refractivity contribution in [1.29, 1.82) is 0 Å². The van der Waals surface area contributed by atoms with Crippen LogP contribution in [0.1, 0.15) is 17.2 Å². The maximum Gasteiger partial charge on any atom is 0.123 e. The highest BCUT2D eigenvalue weighted by Crippen LogP contribution is 2.23. The smallest absolute Gasteiger partial charge is 0.123 e. The largest absolute Gasteiger partial charge is 0.491 e. The molecule has 0 aliphatic heterocycles. The van der Waals surface area contributed by atoms with E-state index in [4.69, 9.17) is 22.1 Å². The molecule has 2 rings (SSSR count). The Bertz CT molecular complexity index is 513. The van der Waals surface area contributed by atoms with Crippen molar-refractivity contribution in [3.05, 3.63) is 64.7 Å². The van der Waals surface area contributed by atoms with Gasteiger partial charge in [-0.3, -0.25) is 0 Å². The van der Waals surface area contributed by atoms with E-state index in [9.17, 15) is 0 Å². The molecule has 0 heterocycles. The summed E-state index contributed by atoms with van der Waals surface area (Å²) in [6.45, 7) is 2.42. The molecule has 3 heteroatoms. The van der Waals surface area contributed by atoms with E-state index in [0.29, 0.717) is 11.6 Å². The molecule has 0 radical (unpaired) electrons. The SMILES string of the molecule is Cc1ccc(Cl)cc1OCC(N)c1ccccc1. The van der Waals surface area contributed by atoms with Crippen molar-refractivity contribution in [2.45, 2.75) is 13.0 Å². The first kappa shape index (κ1) is 12.9. The van der Waals surface area contributed by atoms with E-state index in [-0.39, 0.29) is 6.04 Å². The monoisotopic (exact) mass is 261 g/mol. The number of nitrogens with two attached hydrogens (primary N) is 1. The molecule has 0 amide bonds. The van der Waals surface area contributed by atoms with Crippen LogP contribution in [0.2, 0.25) is 5.02 Å². The molecule has 2 N–H and O–H groups in total. The number of rotatable bonds is 4. The van der Waals surface area contributed by atoms with Gasteiger partial charge in [0.15, 0.2) is 0 Å². The molecular weight excluding hydrogens is 246 g/mol. The van der Waals surface area contributed by atoms with E-state index in [1.54, 1.807) is 0 Å². The van der Waals surface area contributed by atoms with Gasteiger partial charge in [-0.2, -0.15) is 0 Å². The molecule has 0 aromatic heterocycles. The molecular formula is C15H16ClNO. The fraction of sp³-hybridized carbons (Fsp3) is 0.200. The van der Waals surface area contributed by atoms with Crippen LogP contribution in [0.3, 0.4) is 0 Å². The second-order valence-electron chi connectivity index (χ2n) is 4.24. The lowest BCUT2D eigenvalue weighted by atomic mass is 10.1. The van der Waals surface area contributed by atoms with Gasteiger partial charge in [0.2, 0.25) is 0 Å². The lowest BCUT2D eigenvalue weighted by Gasteiger charge is -2.15. The molecule has 1 atom stereocenters. The van der Waals surface area contributed by atoms with Gasteiger partial charge in [0, 0.05) is 5.02 Å². The summed E-state index contributed by atoms with van der Waals surface area (Å²) in [4.78, 5) is 0. The van der Waals surface area contributed by atoms with E-state index in [0.717, 1.165) is 16.9 Å². The van der Waals surface area contributed by atoms with Gasteiger partial charge in [0.25, 0.3) is 0 Å². The molecule has 1 unspecified atom stereocenters. The van der Waals surface area contributed by atoms with Gasteiger partial charge in [-0.15, -0.1) is 0 Å². The van der Waals surface area contributed by atoms with Crippen LogP contribution in [0, 0.1) is 6.92 Å². The third kappa shape index (κ3) is 3.25. The average molecular weight is 262 g/mol. The number of halogens is 1. The molecule has 2 aromatic carbocycles. The van der Waals surface area contributed by atoms with Crippen molar-refractivity contribution >= 4 is 11.6 Å². The summed E-state index contributed by atoms with van der Waals surface area (Å²) < 4.78 is 5.72. The topological polar surface area (TPSA) is 35.2 Å². The highest BCUT2D eigenvalue weighted by Gasteiger charge is 2.07. The fourth-order valence-corrected chi connectivity index (χ4v) is 1.87. The third-order valence-electron chi connectivity index (χ3n) is 2.80. The summed E-state index contributed by atoms with van der Waals surface area (Å²) >= 11 is 5.94. The Balaban J connectivity index is 2.01. The van der Waals surface area contributed by atoms with E-state index >= 15 is 0 Å². The van der Waals surface area contributed by atoms with Gasteiger partial charge in [-0.05, 0) is 30.2 Å². The van der Waals surface area contributed by atoms with Crippen LogP contribution in [0.25, 0.3) is 0 Å². The third-order valence-corrected chi connectivity index (χ3v) is 3.03. The lowest BCUT2D eigenvalue weighted by molar-refractivity contribution is 0.289. The molecule has 94 valence electrons. The fourth-order valence-electron chi connectivity index (χ4n) is 1.71. The molecule has 2 aromatic rings. The van der Waals surface area contributed by atoms with Gasteiger partial charge in [-0.25, -0.2) is 0 Å². The zero-order chi connectivity index (χ0) is 13.0. The zero-order valence-electron chi connectivity index (χ0n) is 10.3. The van der Waals surface area contributed by atoms with E-state index in [1.165, 1.54) is 0 Å². The summed E-state index contributed by atoms with van der Waals surface area (Å²) in [5.41, 5.74) is 8.20. The van der Waals surface area contributed by atoms with Crippen molar-refractivity contribution in [3.63, 3.8) is 0 Å². The Morgan fingerprint density at radius 3 is 2.61 bits per heavy atom. The van der Waals surface area contributed by atoms with E-state index in [1.807, 2.05) is 55.5 Å². The normalized spacial score (nSPS) is 12.2. The number of hydrogen-bond donors (Lipinski definition) is 1. The van der Waals surface area contributed by atoms with Gasteiger partial charge < -0.3 is 10.5 Å². The van der Waals surface area contributed by atoms with E-state index in [2.05, 4.69) is 0 Å². The highest BCUT2D eigenvalue weighted by atomic mass is 35.5. The standard InChI is InChI=1S/C15H16ClNO/c1-11-7-8-13(16)9-15(11)18-10-14(17)12-5-3-2-4-6-12/h2-9,14H,10,17H2,1H3. The molecule has 2 nitrogen and oxygen atoms in total. The molecule has 0 saturated carbocycles. The predicted molar refractivity (Wildman–Crippen MR) is 75.1 cm³/mol. The quantitative estimate of drug-likeness (QED) is 0.910. The average Bonchev–Trinajstić information content (AvgIpc) is 2.40. The van der Waals surface area contributed by atoms with Gasteiger partial charge in [0.1, 0.15) is 12.4 Å². The first-order valence-corrected chi connectivity index (χ1v) is 6.24. The molecule has 0 aliphatic carbocycles. The summed E-state index contributed by atoms with van der Waals surface area (Å²) in [5.74, 6) is 0.786.